The molecule has 30 heavy (non-hydrogen) atoms. The molecule has 0 aliphatic carbocycles. The van der Waals surface area contributed by atoms with Crippen LogP contribution in [0.1, 0.15) is 10.9 Å². The summed E-state index contributed by atoms with van der Waals surface area (Å²) in [5, 5.41) is 5.71. The number of thioether (sulfide) groups is 1. The molecule has 1 aliphatic rings. The Kier molecular flexibility index (Phi) is 5.92. The quantitative estimate of drug-likeness (QED) is 0.529. The van der Waals surface area contributed by atoms with Crippen molar-refractivity contribution in [1.82, 2.24) is 0 Å². The molecule has 3 aromatic carbocycles. The first-order valence-corrected chi connectivity index (χ1v) is 10.6. The standard InChI is InChI=1S/C22H17ClFN3O2S/c23-15-8-10-16(11-9-15)25-22(29)26-17-5-3-4-14(12-17)21-27(20(28)13-30-21)19-7-2-1-6-18(19)24/h1-12,21H,13H2,(H2,25,26,29)/t21-/m1/s1. The van der Waals surface area contributed by atoms with Crippen LogP contribution in [0.25, 0.3) is 0 Å². The lowest BCUT2D eigenvalue weighted by Gasteiger charge is -2.25. The van der Waals surface area contributed by atoms with Crippen molar-refractivity contribution in [3.05, 3.63) is 89.2 Å². The number of carbonyl (C=O) groups is 2. The average Bonchev–Trinajstić information content (AvgIpc) is 3.11. The number of nitrogens with one attached hydrogen (secondary N) is 2. The molecule has 0 unspecified atom stereocenters. The third-order valence-corrected chi connectivity index (χ3v) is 5.98. The molecule has 0 spiro atoms. The second kappa shape index (κ2) is 8.77. The Bertz CT molecular complexity index is 1090. The predicted molar refractivity (Wildman–Crippen MR) is 120 cm³/mol. The smallest absolute Gasteiger partial charge is 0.308 e. The van der Waals surface area contributed by atoms with Crippen molar-refractivity contribution in [2.45, 2.75) is 5.37 Å². The highest BCUT2D eigenvalue weighted by Gasteiger charge is 2.35. The number of nitrogens with zero attached hydrogens (tertiary/aromatic N) is 1. The molecular formula is C22H17ClFN3O2S. The first-order chi connectivity index (χ1) is 14.5. The van der Waals surface area contributed by atoms with Gasteiger partial charge in [-0.15, -0.1) is 11.8 Å². The molecule has 3 amide bonds. The van der Waals surface area contributed by atoms with E-state index in [0.29, 0.717) is 16.4 Å². The third-order valence-electron chi connectivity index (χ3n) is 4.51. The molecule has 8 heteroatoms. The van der Waals surface area contributed by atoms with E-state index in [4.69, 9.17) is 11.6 Å². The predicted octanol–water partition coefficient (Wildman–Crippen LogP) is 5.90. The van der Waals surface area contributed by atoms with Gasteiger partial charge in [0.25, 0.3) is 0 Å². The molecule has 0 radical (unpaired) electrons. The lowest BCUT2D eigenvalue weighted by molar-refractivity contribution is -0.115. The highest BCUT2D eigenvalue weighted by molar-refractivity contribution is 8.00. The summed E-state index contributed by atoms with van der Waals surface area (Å²) >= 11 is 7.27. The highest BCUT2D eigenvalue weighted by atomic mass is 35.5. The minimum atomic E-state index is -0.449. The number of hydrogen-bond donors (Lipinski definition) is 2. The van der Waals surface area contributed by atoms with E-state index in [-0.39, 0.29) is 22.7 Å². The van der Waals surface area contributed by atoms with Gasteiger partial charge in [0, 0.05) is 16.4 Å². The van der Waals surface area contributed by atoms with Gasteiger partial charge in [0.1, 0.15) is 11.2 Å². The van der Waals surface area contributed by atoms with Gasteiger partial charge < -0.3 is 10.6 Å². The monoisotopic (exact) mass is 441 g/mol. The third kappa shape index (κ3) is 4.42. The lowest BCUT2D eigenvalue weighted by atomic mass is 10.1. The molecule has 1 aliphatic heterocycles. The first-order valence-electron chi connectivity index (χ1n) is 9.13. The molecule has 2 N–H and O–H groups in total. The number of para-hydroxylation sites is 1. The van der Waals surface area contributed by atoms with E-state index in [0.717, 1.165) is 5.56 Å². The van der Waals surface area contributed by atoms with E-state index in [9.17, 15) is 14.0 Å². The number of urea groups is 1. The Hall–Kier alpha value is -3.03. The van der Waals surface area contributed by atoms with Gasteiger partial charge in [-0.05, 0) is 54.1 Å². The molecule has 1 fully saturated rings. The van der Waals surface area contributed by atoms with Crippen LogP contribution >= 0.6 is 23.4 Å². The van der Waals surface area contributed by atoms with E-state index in [2.05, 4.69) is 10.6 Å². The molecule has 0 saturated carbocycles. The number of carbonyl (C=O) groups excluding carboxylic acids is 2. The number of amides is 3. The zero-order valence-corrected chi connectivity index (χ0v) is 17.2. The normalized spacial score (nSPS) is 15.9. The van der Waals surface area contributed by atoms with Crippen molar-refractivity contribution >= 4 is 52.4 Å². The summed E-state index contributed by atoms with van der Waals surface area (Å²) in [7, 11) is 0. The van der Waals surface area contributed by atoms with Gasteiger partial charge in [-0.1, -0.05) is 35.9 Å². The van der Waals surface area contributed by atoms with Crippen LogP contribution in [-0.4, -0.2) is 17.7 Å². The molecule has 1 atom stereocenters. The molecule has 3 aromatic rings. The second-order valence-corrected chi connectivity index (χ2v) is 8.09. The van der Waals surface area contributed by atoms with Crippen LogP contribution < -0.4 is 15.5 Å². The van der Waals surface area contributed by atoms with Crippen LogP contribution in [0.5, 0.6) is 0 Å². The molecule has 4 rings (SSSR count). The maximum absolute atomic E-state index is 14.3. The minimum absolute atomic E-state index is 0.158. The zero-order valence-electron chi connectivity index (χ0n) is 15.6. The Labute approximate surface area is 182 Å². The first kappa shape index (κ1) is 20.3. The van der Waals surface area contributed by atoms with Gasteiger partial charge in [-0.3, -0.25) is 9.69 Å². The van der Waals surface area contributed by atoms with Crippen molar-refractivity contribution in [2.75, 3.05) is 21.3 Å². The summed E-state index contributed by atoms with van der Waals surface area (Å²) in [6, 6.07) is 19.7. The van der Waals surface area contributed by atoms with Crippen LogP contribution in [-0.2, 0) is 4.79 Å². The van der Waals surface area contributed by atoms with Crippen LogP contribution in [0.15, 0.2) is 72.8 Å². The molecular weight excluding hydrogens is 425 g/mol. The summed E-state index contributed by atoms with van der Waals surface area (Å²) in [5.41, 5.74) is 2.21. The van der Waals surface area contributed by atoms with Gasteiger partial charge in [-0.25, -0.2) is 9.18 Å². The fourth-order valence-electron chi connectivity index (χ4n) is 3.17. The molecule has 0 bridgehead atoms. The molecule has 1 saturated heterocycles. The zero-order chi connectivity index (χ0) is 21.1. The number of hydrogen-bond acceptors (Lipinski definition) is 3. The van der Waals surface area contributed by atoms with E-state index in [1.807, 2.05) is 6.07 Å². The number of anilines is 3. The summed E-state index contributed by atoms with van der Waals surface area (Å²) in [5.74, 6) is -0.350. The van der Waals surface area contributed by atoms with Gasteiger partial charge >= 0.3 is 6.03 Å². The summed E-state index contributed by atoms with van der Waals surface area (Å²) in [6.07, 6.45) is 0. The number of halogens is 2. The van der Waals surface area contributed by atoms with Crippen LogP contribution in [0.3, 0.4) is 0 Å². The SMILES string of the molecule is O=C(Nc1ccc(Cl)cc1)Nc1cccc([C@H]2SCC(=O)N2c2ccccc2F)c1. The van der Waals surface area contributed by atoms with E-state index >= 15 is 0 Å². The maximum atomic E-state index is 14.3. The minimum Gasteiger partial charge on any atom is -0.308 e. The maximum Gasteiger partial charge on any atom is 0.323 e. The highest BCUT2D eigenvalue weighted by Crippen LogP contribution is 2.42. The summed E-state index contributed by atoms with van der Waals surface area (Å²) in [6.45, 7) is 0. The van der Waals surface area contributed by atoms with E-state index in [1.165, 1.54) is 22.7 Å². The van der Waals surface area contributed by atoms with E-state index < -0.39 is 11.8 Å². The van der Waals surface area contributed by atoms with E-state index in [1.54, 1.807) is 60.7 Å². The molecule has 0 aromatic heterocycles. The molecule has 5 nitrogen and oxygen atoms in total. The molecule has 152 valence electrons. The van der Waals surface area contributed by atoms with Crippen molar-refractivity contribution in [3.63, 3.8) is 0 Å². The fourth-order valence-corrected chi connectivity index (χ4v) is 4.46. The molecule has 1 heterocycles. The Balaban J connectivity index is 1.52. The van der Waals surface area contributed by atoms with Crippen LogP contribution in [0.4, 0.5) is 26.2 Å². The average molecular weight is 442 g/mol. The topological polar surface area (TPSA) is 61.4 Å². The largest absolute Gasteiger partial charge is 0.323 e. The van der Waals surface area contributed by atoms with Gasteiger partial charge in [0.15, 0.2) is 0 Å². The van der Waals surface area contributed by atoms with Crippen molar-refractivity contribution < 1.29 is 14.0 Å². The van der Waals surface area contributed by atoms with Gasteiger partial charge in [-0.2, -0.15) is 0 Å². The van der Waals surface area contributed by atoms with Gasteiger partial charge in [0.05, 0.1) is 11.4 Å². The number of rotatable bonds is 4. The van der Waals surface area contributed by atoms with Gasteiger partial charge in [0.2, 0.25) is 5.91 Å². The second-order valence-electron chi connectivity index (χ2n) is 6.59. The summed E-state index contributed by atoms with van der Waals surface area (Å²) in [4.78, 5) is 26.2. The van der Waals surface area contributed by atoms with Crippen LogP contribution in [0.2, 0.25) is 5.02 Å². The lowest BCUT2D eigenvalue weighted by Crippen LogP contribution is -2.28. The van der Waals surface area contributed by atoms with Crippen molar-refractivity contribution in [2.24, 2.45) is 0 Å². The summed E-state index contributed by atoms with van der Waals surface area (Å²) < 4.78 is 14.3. The number of benzene rings is 3. The fraction of sp³-hybridized carbons (Fsp3) is 0.0909. The van der Waals surface area contributed by atoms with Crippen molar-refractivity contribution in [3.8, 4) is 0 Å². The Morgan fingerprint density at radius 1 is 1.00 bits per heavy atom. The Morgan fingerprint density at radius 3 is 2.50 bits per heavy atom. The van der Waals surface area contributed by atoms with Crippen LogP contribution in [0, 0.1) is 5.82 Å². The Morgan fingerprint density at radius 2 is 1.73 bits per heavy atom. The van der Waals surface area contributed by atoms with Crippen molar-refractivity contribution in [1.29, 1.82) is 0 Å².